The van der Waals surface area contributed by atoms with Crippen molar-refractivity contribution in [1.82, 2.24) is 14.7 Å². The van der Waals surface area contributed by atoms with Gasteiger partial charge in [0.25, 0.3) is 17.7 Å². The SMILES string of the molecule is Cc1ccc(S(=O)(=O)ON(C(=O)c2ccccc2)[C@H]2[C@H](NC(=O)COc3ccccc3)C(=O)N2S(=O)(=O)O)cc1. The van der Waals surface area contributed by atoms with Gasteiger partial charge in [0.15, 0.2) is 18.8 Å². The Kier molecular flexibility index (Phi) is 8.20. The van der Waals surface area contributed by atoms with E-state index in [0.29, 0.717) is 5.75 Å². The molecule has 210 valence electrons. The molecule has 0 aromatic heterocycles. The molecule has 40 heavy (non-hydrogen) atoms. The molecule has 0 unspecified atom stereocenters. The number of ether oxygens (including phenoxy) is 1. The van der Waals surface area contributed by atoms with Crippen LogP contribution in [0.4, 0.5) is 0 Å². The Morgan fingerprint density at radius 3 is 2.08 bits per heavy atom. The third-order valence-corrected chi connectivity index (χ3v) is 7.75. The highest BCUT2D eigenvalue weighted by Gasteiger charge is 2.59. The van der Waals surface area contributed by atoms with Crippen molar-refractivity contribution in [3.8, 4) is 5.75 Å². The van der Waals surface area contributed by atoms with Crippen LogP contribution in [0.3, 0.4) is 0 Å². The lowest BCUT2D eigenvalue weighted by atomic mass is 10.0. The van der Waals surface area contributed by atoms with Crippen LogP contribution in [-0.2, 0) is 34.3 Å². The van der Waals surface area contributed by atoms with Crippen LogP contribution in [0, 0.1) is 6.92 Å². The van der Waals surface area contributed by atoms with Gasteiger partial charge in [-0.25, -0.2) is 0 Å². The number of amides is 3. The highest BCUT2D eigenvalue weighted by molar-refractivity contribution is 7.86. The number of para-hydroxylation sites is 1. The molecule has 15 heteroatoms. The van der Waals surface area contributed by atoms with Crippen LogP contribution < -0.4 is 10.1 Å². The minimum atomic E-state index is -5.34. The largest absolute Gasteiger partial charge is 0.484 e. The number of carbonyl (C=O) groups is 3. The first kappa shape index (κ1) is 28.7. The van der Waals surface area contributed by atoms with Gasteiger partial charge >= 0.3 is 20.4 Å². The maximum atomic E-state index is 13.4. The number of aryl methyl sites for hydroxylation is 1. The predicted octanol–water partition coefficient (Wildman–Crippen LogP) is 1.29. The number of hydroxylamine groups is 2. The Morgan fingerprint density at radius 2 is 1.50 bits per heavy atom. The van der Waals surface area contributed by atoms with Crippen LogP contribution in [0.5, 0.6) is 5.75 Å². The van der Waals surface area contributed by atoms with Crippen molar-refractivity contribution in [1.29, 1.82) is 0 Å². The Hall–Kier alpha value is -4.31. The second-order valence-electron chi connectivity index (χ2n) is 8.51. The zero-order valence-corrected chi connectivity index (χ0v) is 22.4. The lowest BCUT2D eigenvalue weighted by Gasteiger charge is -2.47. The van der Waals surface area contributed by atoms with Crippen LogP contribution in [-0.4, -0.2) is 67.3 Å². The highest BCUT2D eigenvalue weighted by atomic mass is 32.2. The molecule has 0 radical (unpaired) electrons. The lowest BCUT2D eigenvalue weighted by Crippen LogP contribution is -2.77. The van der Waals surface area contributed by atoms with E-state index < -0.39 is 57.0 Å². The standard InChI is InChI=1S/C25H23N3O10S2/c1-17-12-14-20(15-13-17)39(32,33)38-27(24(30)18-8-4-2-5-9-18)23-22(25(31)28(23)40(34,35)36)26-21(29)16-37-19-10-6-3-7-11-19/h2-15,22-23H,16H2,1H3,(H,26,29)(H,34,35,36)/t22-,23+/m0/s1. The number of hydrogen-bond donors (Lipinski definition) is 2. The normalized spacial score (nSPS) is 17.1. The van der Waals surface area contributed by atoms with Crippen LogP contribution >= 0.6 is 0 Å². The van der Waals surface area contributed by atoms with Gasteiger partial charge in [0.05, 0.1) is 4.90 Å². The molecule has 4 rings (SSSR count). The van der Waals surface area contributed by atoms with Crippen LogP contribution in [0.2, 0.25) is 0 Å². The summed E-state index contributed by atoms with van der Waals surface area (Å²) < 4.78 is 70.4. The summed E-state index contributed by atoms with van der Waals surface area (Å²) in [6, 6.07) is 18.7. The number of carbonyl (C=O) groups excluding carboxylic acids is 3. The molecule has 0 aliphatic carbocycles. The van der Waals surface area contributed by atoms with Crippen LogP contribution in [0.25, 0.3) is 0 Å². The van der Waals surface area contributed by atoms with Crippen molar-refractivity contribution in [3.63, 3.8) is 0 Å². The quantitative estimate of drug-likeness (QED) is 0.199. The Balaban J connectivity index is 1.68. The van der Waals surface area contributed by atoms with Gasteiger partial charge in [-0.15, -0.1) is 4.28 Å². The Bertz CT molecular complexity index is 1610. The van der Waals surface area contributed by atoms with Gasteiger partial charge in [-0.05, 0) is 43.3 Å². The summed E-state index contributed by atoms with van der Waals surface area (Å²) in [4.78, 5) is 38.4. The van der Waals surface area contributed by atoms with Gasteiger partial charge in [0.1, 0.15) is 5.75 Å². The average Bonchev–Trinajstić information content (AvgIpc) is 2.92. The van der Waals surface area contributed by atoms with Crippen molar-refractivity contribution < 1.29 is 44.8 Å². The predicted molar refractivity (Wildman–Crippen MR) is 138 cm³/mol. The van der Waals surface area contributed by atoms with Crippen molar-refractivity contribution in [2.45, 2.75) is 24.0 Å². The number of hydrogen-bond acceptors (Lipinski definition) is 9. The molecule has 13 nitrogen and oxygen atoms in total. The molecule has 1 heterocycles. The molecule has 1 saturated heterocycles. The highest BCUT2D eigenvalue weighted by Crippen LogP contribution is 2.30. The molecule has 2 N–H and O–H groups in total. The molecule has 2 atom stereocenters. The molecule has 1 fully saturated rings. The fourth-order valence-corrected chi connectivity index (χ4v) is 5.45. The third-order valence-electron chi connectivity index (χ3n) is 5.65. The minimum Gasteiger partial charge on any atom is -0.484 e. The second kappa shape index (κ2) is 11.4. The molecule has 3 aromatic rings. The van der Waals surface area contributed by atoms with Gasteiger partial charge < -0.3 is 10.1 Å². The molecule has 1 aliphatic heterocycles. The van der Waals surface area contributed by atoms with Crippen LogP contribution in [0.1, 0.15) is 15.9 Å². The lowest BCUT2D eigenvalue weighted by molar-refractivity contribution is -0.173. The van der Waals surface area contributed by atoms with E-state index in [1.165, 1.54) is 48.5 Å². The first-order valence-electron chi connectivity index (χ1n) is 11.6. The van der Waals surface area contributed by atoms with Gasteiger partial charge in [0.2, 0.25) is 0 Å². The minimum absolute atomic E-state index is 0.114. The van der Waals surface area contributed by atoms with Crippen molar-refractivity contribution >= 4 is 38.1 Å². The Labute approximate surface area is 229 Å². The Morgan fingerprint density at radius 1 is 0.925 bits per heavy atom. The van der Waals surface area contributed by atoms with Crippen molar-refractivity contribution in [2.24, 2.45) is 0 Å². The van der Waals surface area contributed by atoms with E-state index in [-0.39, 0.29) is 19.8 Å². The molecule has 0 bridgehead atoms. The molecular weight excluding hydrogens is 566 g/mol. The number of rotatable bonds is 10. The zero-order valence-electron chi connectivity index (χ0n) is 20.8. The van der Waals surface area contributed by atoms with Crippen molar-refractivity contribution in [2.75, 3.05) is 6.61 Å². The summed E-state index contributed by atoms with van der Waals surface area (Å²) in [6.07, 6.45) is -2.11. The van der Waals surface area contributed by atoms with E-state index in [0.717, 1.165) is 5.56 Å². The van der Waals surface area contributed by atoms with E-state index in [9.17, 15) is 35.8 Å². The maximum Gasteiger partial charge on any atom is 0.364 e. The summed E-state index contributed by atoms with van der Waals surface area (Å²) >= 11 is 0. The van der Waals surface area contributed by atoms with E-state index in [1.54, 1.807) is 43.3 Å². The summed E-state index contributed by atoms with van der Waals surface area (Å²) in [5.74, 6) is -3.11. The summed E-state index contributed by atoms with van der Waals surface area (Å²) in [5, 5.41) is 2.32. The fraction of sp³-hybridized carbons (Fsp3) is 0.160. The van der Waals surface area contributed by atoms with E-state index >= 15 is 0 Å². The summed E-state index contributed by atoms with van der Waals surface area (Å²) in [5.41, 5.74) is 0.576. The maximum absolute atomic E-state index is 13.4. The first-order chi connectivity index (χ1) is 18.9. The molecular formula is C25H23N3O10S2. The smallest absolute Gasteiger partial charge is 0.364 e. The molecule has 0 spiro atoms. The molecule has 3 aromatic carbocycles. The van der Waals surface area contributed by atoms with E-state index in [1.807, 2.05) is 0 Å². The van der Waals surface area contributed by atoms with Crippen molar-refractivity contribution in [3.05, 3.63) is 96.1 Å². The molecule has 0 saturated carbocycles. The number of nitrogens with zero attached hydrogens (tertiary/aromatic N) is 2. The topological polar surface area (TPSA) is 177 Å². The molecule has 1 aliphatic rings. The number of β-lactam (4-membered cyclic amide) rings is 1. The average molecular weight is 590 g/mol. The second-order valence-corrected chi connectivity index (χ2v) is 11.3. The first-order valence-corrected chi connectivity index (χ1v) is 14.4. The number of nitrogens with one attached hydrogen (secondary N) is 1. The third kappa shape index (κ3) is 6.28. The van der Waals surface area contributed by atoms with Gasteiger partial charge in [-0.1, -0.05) is 54.1 Å². The summed E-state index contributed by atoms with van der Waals surface area (Å²) in [7, 11) is -10.1. The zero-order chi connectivity index (χ0) is 29.1. The van der Waals surface area contributed by atoms with Gasteiger partial charge in [0, 0.05) is 5.56 Å². The van der Waals surface area contributed by atoms with Gasteiger partial charge in [-0.3, -0.25) is 18.9 Å². The van der Waals surface area contributed by atoms with E-state index in [2.05, 4.69) is 5.32 Å². The van der Waals surface area contributed by atoms with Crippen LogP contribution in [0.15, 0.2) is 89.8 Å². The fourth-order valence-electron chi connectivity index (χ4n) is 3.71. The van der Waals surface area contributed by atoms with Gasteiger partial charge in [-0.2, -0.15) is 26.2 Å². The molecule has 3 amide bonds. The summed E-state index contributed by atoms with van der Waals surface area (Å²) in [6.45, 7) is 1.10. The monoisotopic (exact) mass is 589 g/mol. The van der Waals surface area contributed by atoms with E-state index in [4.69, 9.17) is 9.02 Å². The number of benzene rings is 3.